The first-order valence-electron chi connectivity index (χ1n) is 5.67. The van der Waals surface area contributed by atoms with Gasteiger partial charge in [-0.15, -0.1) is 0 Å². The number of benzene rings is 1. The maximum absolute atomic E-state index is 4.30. The fourth-order valence-corrected chi connectivity index (χ4v) is 2.17. The van der Waals surface area contributed by atoms with Crippen LogP contribution in [0.5, 0.6) is 0 Å². The van der Waals surface area contributed by atoms with E-state index in [1.54, 1.807) is 0 Å². The van der Waals surface area contributed by atoms with E-state index in [9.17, 15) is 0 Å². The Morgan fingerprint density at radius 1 is 1.31 bits per heavy atom. The van der Waals surface area contributed by atoms with Crippen LogP contribution in [-0.4, -0.2) is 9.55 Å². The van der Waals surface area contributed by atoms with Crippen LogP contribution in [-0.2, 0) is 6.54 Å². The summed E-state index contributed by atoms with van der Waals surface area (Å²) in [6.07, 6.45) is 4.99. The molecule has 0 saturated heterocycles. The number of aromatic nitrogens is 2. The first-order chi connectivity index (χ1) is 7.83. The Bertz CT molecular complexity index is 484. The highest BCUT2D eigenvalue weighted by Crippen LogP contribution is 2.27. The van der Waals surface area contributed by atoms with E-state index in [0.717, 1.165) is 18.9 Å². The Hall–Kier alpha value is -1.77. The lowest BCUT2D eigenvalue weighted by molar-refractivity contribution is 0.542. The topological polar surface area (TPSA) is 29.9 Å². The number of imidazole rings is 1. The Labute approximate surface area is 95.1 Å². The first-order valence-corrected chi connectivity index (χ1v) is 5.67. The zero-order valence-electron chi connectivity index (χ0n) is 9.35. The molecule has 1 unspecified atom stereocenters. The molecule has 0 fully saturated rings. The van der Waals surface area contributed by atoms with Crippen LogP contribution in [0.25, 0.3) is 0 Å². The summed E-state index contributed by atoms with van der Waals surface area (Å²) in [7, 11) is 0. The zero-order chi connectivity index (χ0) is 11.0. The van der Waals surface area contributed by atoms with Gasteiger partial charge in [-0.1, -0.05) is 29.8 Å². The molecule has 0 spiro atoms. The minimum Gasteiger partial charge on any atom is -0.349 e. The second-order valence-corrected chi connectivity index (χ2v) is 4.34. The Kier molecular flexibility index (Phi) is 2.17. The van der Waals surface area contributed by atoms with Crippen LogP contribution < -0.4 is 5.32 Å². The van der Waals surface area contributed by atoms with Crippen molar-refractivity contribution in [1.82, 2.24) is 9.55 Å². The van der Waals surface area contributed by atoms with Crippen molar-refractivity contribution in [2.24, 2.45) is 0 Å². The van der Waals surface area contributed by atoms with E-state index in [4.69, 9.17) is 0 Å². The predicted molar refractivity (Wildman–Crippen MR) is 64.4 cm³/mol. The second kappa shape index (κ2) is 3.67. The molecule has 3 heteroatoms. The standard InChI is InChI=1S/C13H15N3/c1-10-2-4-11(5-3-10)12-6-8-16-9-7-14-13(16)15-12/h2-5,7,9,12H,6,8H2,1H3,(H,14,15). The van der Waals surface area contributed by atoms with Crippen LogP contribution in [0, 0.1) is 6.92 Å². The van der Waals surface area contributed by atoms with Gasteiger partial charge in [-0.3, -0.25) is 0 Å². The molecule has 3 nitrogen and oxygen atoms in total. The van der Waals surface area contributed by atoms with Crippen molar-refractivity contribution in [1.29, 1.82) is 0 Å². The molecule has 1 aliphatic rings. The van der Waals surface area contributed by atoms with Gasteiger partial charge in [-0.2, -0.15) is 0 Å². The van der Waals surface area contributed by atoms with Gasteiger partial charge < -0.3 is 9.88 Å². The van der Waals surface area contributed by atoms with E-state index in [2.05, 4.69) is 46.1 Å². The first kappa shape index (κ1) is 9.46. The van der Waals surface area contributed by atoms with Crippen molar-refractivity contribution in [3.63, 3.8) is 0 Å². The van der Waals surface area contributed by atoms with Crippen molar-refractivity contribution in [3.05, 3.63) is 47.8 Å². The lowest BCUT2D eigenvalue weighted by atomic mass is 10.0. The van der Waals surface area contributed by atoms with Crippen molar-refractivity contribution in [2.45, 2.75) is 25.9 Å². The van der Waals surface area contributed by atoms with Crippen molar-refractivity contribution in [2.75, 3.05) is 5.32 Å². The number of nitrogens with one attached hydrogen (secondary N) is 1. The summed E-state index contributed by atoms with van der Waals surface area (Å²) in [4.78, 5) is 4.30. The molecule has 2 aromatic rings. The maximum Gasteiger partial charge on any atom is 0.203 e. The number of hydrogen-bond acceptors (Lipinski definition) is 2. The average Bonchev–Trinajstić information content (AvgIpc) is 2.77. The Morgan fingerprint density at radius 2 is 2.12 bits per heavy atom. The summed E-state index contributed by atoms with van der Waals surface area (Å²) in [5.74, 6) is 0.983. The van der Waals surface area contributed by atoms with Gasteiger partial charge in [-0.05, 0) is 18.9 Å². The molecule has 1 N–H and O–H groups in total. The number of aryl methyl sites for hydroxylation is 2. The average molecular weight is 213 g/mol. The monoisotopic (exact) mass is 213 g/mol. The van der Waals surface area contributed by atoms with Crippen molar-refractivity contribution < 1.29 is 0 Å². The van der Waals surface area contributed by atoms with Crippen LogP contribution in [0.3, 0.4) is 0 Å². The van der Waals surface area contributed by atoms with Gasteiger partial charge in [0.05, 0.1) is 6.04 Å². The van der Waals surface area contributed by atoms with E-state index in [-0.39, 0.29) is 0 Å². The predicted octanol–water partition coefficient (Wildman–Crippen LogP) is 2.75. The molecule has 0 aliphatic carbocycles. The molecule has 1 aliphatic heterocycles. The number of rotatable bonds is 1. The van der Waals surface area contributed by atoms with E-state index in [1.807, 2.05) is 12.4 Å². The fraction of sp³-hybridized carbons (Fsp3) is 0.308. The number of fused-ring (bicyclic) bond motifs is 1. The molecule has 1 aromatic carbocycles. The van der Waals surface area contributed by atoms with Gasteiger partial charge in [0.15, 0.2) is 0 Å². The van der Waals surface area contributed by atoms with Crippen LogP contribution >= 0.6 is 0 Å². The largest absolute Gasteiger partial charge is 0.349 e. The molecule has 16 heavy (non-hydrogen) atoms. The fourth-order valence-electron chi connectivity index (χ4n) is 2.17. The van der Waals surface area contributed by atoms with Gasteiger partial charge in [0.1, 0.15) is 0 Å². The van der Waals surface area contributed by atoms with Crippen molar-refractivity contribution >= 4 is 5.95 Å². The van der Waals surface area contributed by atoms with Gasteiger partial charge in [0.25, 0.3) is 0 Å². The summed E-state index contributed by atoms with van der Waals surface area (Å²) < 4.78 is 2.16. The quantitative estimate of drug-likeness (QED) is 0.789. The van der Waals surface area contributed by atoms with Crippen LogP contribution in [0.15, 0.2) is 36.7 Å². The summed E-state index contributed by atoms with van der Waals surface area (Å²) in [6, 6.07) is 9.13. The second-order valence-electron chi connectivity index (χ2n) is 4.34. The minimum absolute atomic E-state index is 0.399. The van der Waals surface area contributed by atoms with E-state index in [0.29, 0.717) is 6.04 Å². The summed E-state index contributed by atoms with van der Waals surface area (Å²) in [5.41, 5.74) is 2.65. The molecular weight excluding hydrogens is 198 g/mol. The summed E-state index contributed by atoms with van der Waals surface area (Å²) in [6.45, 7) is 3.16. The van der Waals surface area contributed by atoms with Gasteiger partial charge in [-0.25, -0.2) is 4.98 Å². The van der Waals surface area contributed by atoms with Crippen LogP contribution in [0.1, 0.15) is 23.6 Å². The lowest BCUT2D eigenvalue weighted by Gasteiger charge is -2.25. The molecular formula is C13H15N3. The third kappa shape index (κ3) is 1.58. The molecule has 2 heterocycles. The van der Waals surface area contributed by atoms with Gasteiger partial charge >= 0.3 is 0 Å². The SMILES string of the molecule is Cc1ccc(C2CCn3ccnc3N2)cc1. The van der Waals surface area contributed by atoms with Crippen molar-refractivity contribution in [3.8, 4) is 0 Å². The molecule has 0 amide bonds. The van der Waals surface area contributed by atoms with Crippen LogP contribution in [0.4, 0.5) is 5.95 Å². The third-order valence-corrected chi connectivity index (χ3v) is 3.16. The normalized spacial score (nSPS) is 18.9. The highest BCUT2D eigenvalue weighted by atomic mass is 15.2. The van der Waals surface area contributed by atoms with E-state index in [1.165, 1.54) is 11.1 Å². The smallest absolute Gasteiger partial charge is 0.203 e. The Morgan fingerprint density at radius 3 is 2.94 bits per heavy atom. The molecule has 3 rings (SSSR count). The number of hydrogen-bond donors (Lipinski definition) is 1. The summed E-state index contributed by atoms with van der Waals surface area (Å²) >= 11 is 0. The molecule has 1 atom stereocenters. The molecule has 0 bridgehead atoms. The Balaban J connectivity index is 1.86. The lowest BCUT2D eigenvalue weighted by Crippen LogP contribution is -2.21. The molecule has 82 valence electrons. The highest BCUT2D eigenvalue weighted by Gasteiger charge is 2.18. The van der Waals surface area contributed by atoms with E-state index >= 15 is 0 Å². The van der Waals surface area contributed by atoms with Crippen LogP contribution in [0.2, 0.25) is 0 Å². The molecule has 0 radical (unpaired) electrons. The molecule has 0 saturated carbocycles. The third-order valence-electron chi connectivity index (χ3n) is 3.16. The number of anilines is 1. The minimum atomic E-state index is 0.399. The highest BCUT2D eigenvalue weighted by molar-refractivity contribution is 5.36. The number of nitrogens with zero attached hydrogens (tertiary/aromatic N) is 2. The van der Waals surface area contributed by atoms with Gasteiger partial charge in [0.2, 0.25) is 5.95 Å². The van der Waals surface area contributed by atoms with E-state index < -0.39 is 0 Å². The zero-order valence-corrected chi connectivity index (χ0v) is 9.35. The maximum atomic E-state index is 4.30. The summed E-state index contributed by atoms with van der Waals surface area (Å²) in [5, 5.41) is 3.46. The molecule has 1 aromatic heterocycles. The van der Waals surface area contributed by atoms with Gasteiger partial charge in [0, 0.05) is 18.9 Å².